The van der Waals surface area contributed by atoms with Crippen molar-refractivity contribution in [1.29, 1.82) is 0 Å². The highest BCUT2D eigenvalue weighted by molar-refractivity contribution is 6.99. The van der Waals surface area contributed by atoms with Gasteiger partial charge in [0.25, 0.3) is 8.32 Å². The number of ether oxygens (including phenoxy) is 2. The van der Waals surface area contributed by atoms with Gasteiger partial charge >= 0.3 is 0 Å². The Morgan fingerprint density at radius 1 is 0.850 bits per heavy atom. The van der Waals surface area contributed by atoms with Crippen LogP contribution in [0.4, 0.5) is 0 Å². The number of benzene rings is 3. The second-order valence-electron chi connectivity index (χ2n) is 12.9. The maximum atomic E-state index is 11.5. The first-order chi connectivity index (χ1) is 18.9. The predicted molar refractivity (Wildman–Crippen MR) is 173 cm³/mol. The molecule has 0 unspecified atom stereocenters. The van der Waals surface area contributed by atoms with E-state index >= 15 is 0 Å². The highest BCUT2D eigenvalue weighted by Gasteiger charge is 2.50. The minimum atomic E-state index is -2.78. The molecule has 0 saturated heterocycles. The number of rotatable bonds is 14. The molecule has 216 valence electrons. The Balaban J connectivity index is 1.94. The summed E-state index contributed by atoms with van der Waals surface area (Å²) in [6, 6.07) is 30.0. The lowest BCUT2D eigenvalue weighted by atomic mass is 10.1. The summed E-state index contributed by atoms with van der Waals surface area (Å²) in [5.41, 5.74) is 2.10. The van der Waals surface area contributed by atoms with Crippen LogP contribution < -0.4 is 15.1 Å². The number of aliphatic hydroxyl groups excluding tert-OH is 1. The van der Waals surface area contributed by atoms with E-state index in [1.807, 2.05) is 36.4 Å². The monoisotopic (exact) mass is 576 g/mol. The largest absolute Gasteiger partial charge is 0.497 e. The van der Waals surface area contributed by atoms with E-state index in [1.165, 1.54) is 10.4 Å². The third-order valence-electron chi connectivity index (χ3n) is 7.21. The molecule has 0 saturated carbocycles. The third-order valence-corrected chi connectivity index (χ3v) is 13.8. The molecule has 40 heavy (non-hydrogen) atoms. The summed E-state index contributed by atoms with van der Waals surface area (Å²) in [7, 11) is -2.47. The molecule has 3 aromatic carbocycles. The van der Waals surface area contributed by atoms with Crippen molar-refractivity contribution in [3.05, 3.63) is 103 Å². The average molecular weight is 577 g/mol. The van der Waals surface area contributed by atoms with Crippen molar-refractivity contribution < 1.29 is 19.0 Å². The second kappa shape index (κ2) is 13.9. The lowest BCUT2D eigenvalue weighted by Gasteiger charge is -2.44. The summed E-state index contributed by atoms with van der Waals surface area (Å²) < 4.78 is 18.9. The van der Waals surface area contributed by atoms with Gasteiger partial charge in [-0.1, -0.05) is 119 Å². The summed E-state index contributed by atoms with van der Waals surface area (Å²) in [5.74, 6) is 0.804. The van der Waals surface area contributed by atoms with Crippen LogP contribution in [0.1, 0.15) is 32.8 Å². The summed E-state index contributed by atoms with van der Waals surface area (Å²) >= 11 is 0. The number of aliphatic hydroxyl groups is 1. The molecule has 0 aliphatic rings. The van der Waals surface area contributed by atoms with Crippen LogP contribution in [0.2, 0.25) is 30.7 Å². The Kier molecular flexibility index (Phi) is 11.1. The molecule has 1 N–H and O–H groups in total. The molecule has 0 radical (unpaired) electrons. The van der Waals surface area contributed by atoms with Gasteiger partial charge in [0.2, 0.25) is 0 Å². The fourth-order valence-electron chi connectivity index (χ4n) is 5.41. The van der Waals surface area contributed by atoms with Crippen LogP contribution in [0.5, 0.6) is 5.75 Å². The smallest absolute Gasteiger partial charge is 0.261 e. The minimum absolute atomic E-state index is 0.164. The van der Waals surface area contributed by atoms with Gasteiger partial charge in [-0.2, -0.15) is 0 Å². The summed E-state index contributed by atoms with van der Waals surface area (Å²) in [6.07, 6.45) is -0.732. The normalized spacial score (nSPS) is 14.0. The zero-order chi connectivity index (χ0) is 29.4. The molecule has 3 rings (SSSR count). The molecule has 0 aromatic heterocycles. The van der Waals surface area contributed by atoms with E-state index in [0.29, 0.717) is 13.0 Å². The van der Waals surface area contributed by atoms with Crippen LogP contribution in [0.15, 0.2) is 97.1 Å². The molecule has 0 aliphatic carbocycles. The molecule has 4 nitrogen and oxygen atoms in total. The highest BCUT2D eigenvalue weighted by atomic mass is 28.4. The average Bonchev–Trinajstić information content (AvgIpc) is 2.90. The van der Waals surface area contributed by atoms with Crippen molar-refractivity contribution in [3.63, 3.8) is 0 Å². The SMILES string of the molecule is C=C(C[C@@H](O)[C@H](CO[Si](c1ccccc1)(c1ccccc1)C(C)(C)C)OCc1ccc(OC)cc1)C[Si](C)(C)C. The molecule has 0 aliphatic heterocycles. The van der Waals surface area contributed by atoms with Gasteiger partial charge in [-0.3, -0.25) is 0 Å². The lowest BCUT2D eigenvalue weighted by Crippen LogP contribution is -2.67. The zero-order valence-electron chi connectivity index (χ0n) is 25.4. The van der Waals surface area contributed by atoms with Crippen molar-refractivity contribution in [2.75, 3.05) is 13.7 Å². The van der Waals surface area contributed by atoms with E-state index in [1.54, 1.807) is 7.11 Å². The van der Waals surface area contributed by atoms with Crippen LogP contribution >= 0.6 is 0 Å². The number of methoxy groups -OCH3 is 1. The zero-order valence-corrected chi connectivity index (χ0v) is 27.4. The predicted octanol–water partition coefficient (Wildman–Crippen LogP) is 6.80. The van der Waals surface area contributed by atoms with Crippen molar-refractivity contribution in [2.24, 2.45) is 0 Å². The maximum absolute atomic E-state index is 11.5. The Labute approximate surface area is 244 Å². The van der Waals surface area contributed by atoms with Crippen LogP contribution in [0, 0.1) is 0 Å². The van der Waals surface area contributed by atoms with Crippen molar-refractivity contribution >= 4 is 26.8 Å². The van der Waals surface area contributed by atoms with Gasteiger partial charge in [0.05, 0.1) is 26.4 Å². The van der Waals surface area contributed by atoms with E-state index in [-0.39, 0.29) is 11.6 Å². The van der Waals surface area contributed by atoms with Crippen molar-refractivity contribution in [2.45, 2.75) is 76.7 Å². The molecule has 0 heterocycles. The van der Waals surface area contributed by atoms with Crippen LogP contribution in [-0.2, 0) is 15.8 Å². The van der Waals surface area contributed by atoms with E-state index in [2.05, 4.69) is 95.5 Å². The Bertz CT molecular complexity index is 1140. The molecular weight excluding hydrogens is 529 g/mol. The molecule has 0 spiro atoms. The molecule has 2 atom stereocenters. The standard InChI is InChI=1S/C34H48O4Si2/c1-27(26-39(6,7)8)23-32(35)33(37-24-28-19-21-29(36-5)22-20-28)25-38-40(34(2,3)4,30-15-11-9-12-16-30)31-17-13-10-14-18-31/h9-22,32-33,35H,1,23-26H2,2-8H3/t32-,33+/m1/s1. The lowest BCUT2D eigenvalue weighted by molar-refractivity contribution is -0.0668. The molecule has 0 fully saturated rings. The summed E-state index contributed by atoms with van der Waals surface area (Å²) in [6.45, 7) is 18.7. The maximum Gasteiger partial charge on any atom is 0.261 e. The fraction of sp³-hybridized carbons (Fsp3) is 0.412. The molecule has 3 aromatic rings. The first-order valence-electron chi connectivity index (χ1n) is 14.2. The Morgan fingerprint density at radius 2 is 1.38 bits per heavy atom. The first-order valence-corrected chi connectivity index (χ1v) is 19.8. The minimum Gasteiger partial charge on any atom is -0.497 e. The van der Waals surface area contributed by atoms with E-state index in [0.717, 1.165) is 22.9 Å². The van der Waals surface area contributed by atoms with E-state index in [9.17, 15) is 5.11 Å². The van der Waals surface area contributed by atoms with E-state index < -0.39 is 28.6 Å². The van der Waals surface area contributed by atoms with Crippen LogP contribution in [0.25, 0.3) is 0 Å². The molecule has 0 bridgehead atoms. The summed E-state index contributed by atoms with van der Waals surface area (Å²) in [5, 5.41) is 13.8. The van der Waals surface area contributed by atoms with Gasteiger partial charge in [0, 0.05) is 8.07 Å². The summed E-state index contributed by atoms with van der Waals surface area (Å²) in [4.78, 5) is 0. The molecule has 6 heteroatoms. The highest BCUT2D eigenvalue weighted by Crippen LogP contribution is 2.37. The number of hydrogen-bond donors (Lipinski definition) is 1. The van der Waals surface area contributed by atoms with Gasteiger partial charge in [-0.25, -0.2) is 0 Å². The van der Waals surface area contributed by atoms with Crippen LogP contribution in [0.3, 0.4) is 0 Å². The van der Waals surface area contributed by atoms with Gasteiger partial charge in [-0.05, 0) is 45.6 Å². The Hall–Kier alpha value is -2.49. The van der Waals surface area contributed by atoms with Gasteiger partial charge < -0.3 is 19.0 Å². The van der Waals surface area contributed by atoms with E-state index in [4.69, 9.17) is 13.9 Å². The van der Waals surface area contributed by atoms with Gasteiger partial charge in [0.15, 0.2) is 0 Å². The molecular formula is C34H48O4Si2. The topological polar surface area (TPSA) is 47.9 Å². The molecule has 0 amide bonds. The Morgan fingerprint density at radius 3 is 1.82 bits per heavy atom. The fourth-order valence-corrected chi connectivity index (χ4v) is 11.6. The van der Waals surface area contributed by atoms with Gasteiger partial charge in [-0.15, -0.1) is 6.58 Å². The van der Waals surface area contributed by atoms with Crippen LogP contribution in [-0.4, -0.2) is 47.4 Å². The third kappa shape index (κ3) is 8.51. The second-order valence-corrected chi connectivity index (χ2v) is 22.7. The van der Waals surface area contributed by atoms with Crippen molar-refractivity contribution in [1.82, 2.24) is 0 Å². The van der Waals surface area contributed by atoms with Gasteiger partial charge in [0.1, 0.15) is 11.9 Å². The van der Waals surface area contributed by atoms with Crippen molar-refractivity contribution in [3.8, 4) is 5.75 Å². The first kappa shape index (κ1) is 32.0. The quantitative estimate of drug-likeness (QED) is 0.169. The number of hydrogen-bond acceptors (Lipinski definition) is 4.